The number of phenolic OH excluding ortho intramolecular Hbond substituents is 1. The Morgan fingerprint density at radius 3 is 2.32 bits per heavy atom. The summed E-state index contributed by atoms with van der Waals surface area (Å²) in [5.74, 6) is 1.15. The molecule has 3 aliphatic heterocycles. The number of likely N-dealkylation sites (N-methyl/N-ethyl adjacent to an activating group) is 1. The Labute approximate surface area is 202 Å². The molecule has 0 amide bonds. The molecule has 2 N–H and O–H groups in total. The molecule has 1 aromatic heterocycles. The van der Waals surface area contributed by atoms with E-state index in [1.165, 1.54) is 16.9 Å². The summed E-state index contributed by atoms with van der Waals surface area (Å²) in [6.45, 7) is 15.6. The summed E-state index contributed by atoms with van der Waals surface area (Å²) in [6.07, 6.45) is 2.17. The van der Waals surface area contributed by atoms with E-state index in [4.69, 9.17) is 4.98 Å². The fraction of sp³-hybridized carbons (Fsp3) is 0.536. The molecule has 180 valence electrons. The number of H-pyrrole nitrogens is 1. The summed E-state index contributed by atoms with van der Waals surface area (Å²) in [5, 5.41) is 11.7. The van der Waals surface area contributed by atoms with Gasteiger partial charge >= 0.3 is 0 Å². The molecule has 1 fully saturated rings. The van der Waals surface area contributed by atoms with E-state index >= 15 is 0 Å². The van der Waals surface area contributed by atoms with Gasteiger partial charge in [0.25, 0.3) is 0 Å². The van der Waals surface area contributed by atoms with E-state index in [9.17, 15) is 5.11 Å². The van der Waals surface area contributed by atoms with E-state index < -0.39 is 0 Å². The fourth-order valence-electron chi connectivity index (χ4n) is 6.14. The van der Waals surface area contributed by atoms with E-state index in [0.717, 1.165) is 80.1 Å². The number of piperazine rings is 1. The summed E-state index contributed by atoms with van der Waals surface area (Å²) < 4.78 is 0. The van der Waals surface area contributed by atoms with Gasteiger partial charge in [0, 0.05) is 56.2 Å². The Kier molecular flexibility index (Phi) is 4.73. The molecule has 6 heteroatoms. The minimum absolute atomic E-state index is 0.0665. The van der Waals surface area contributed by atoms with Crippen molar-refractivity contribution in [1.29, 1.82) is 0 Å². The maximum absolute atomic E-state index is 11.7. The lowest BCUT2D eigenvalue weighted by Gasteiger charge is -2.48. The standard InChI is InChI=1S/C28H37N5O/c1-27(2)8-10-33-11-9-28(3,4)23-24(33)20(27)17-19(25(23)34)26-29-21-7-6-18(16-22(21)30-26)32-14-12-31(5)13-15-32/h6-7,16-17,34H,8-15H2,1-5H3,(H,29,30). The molecule has 0 bridgehead atoms. The molecule has 0 saturated carbocycles. The van der Waals surface area contributed by atoms with Crippen molar-refractivity contribution < 1.29 is 5.11 Å². The third-order valence-corrected chi connectivity index (χ3v) is 8.60. The molecule has 0 aliphatic carbocycles. The number of benzene rings is 2. The number of fused-ring (bicyclic) bond motifs is 1. The first-order valence-electron chi connectivity index (χ1n) is 12.7. The summed E-state index contributed by atoms with van der Waals surface area (Å²) in [6, 6.07) is 8.71. The number of hydrogen-bond acceptors (Lipinski definition) is 5. The lowest BCUT2D eigenvalue weighted by atomic mass is 9.68. The van der Waals surface area contributed by atoms with E-state index in [0.29, 0.717) is 5.75 Å². The van der Waals surface area contributed by atoms with Gasteiger partial charge in [-0.05, 0) is 60.5 Å². The first-order valence-corrected chi connectivity index (χ1v) is 12.7. The van der Waals surface area contributed by atoms with Gasteiger partial charge in [0.1, 0.15) is 11.6 Å². The fourth-order valence-corrected chi connectivity index (χ4v) is 6.14. The predicted octanol–water partition coefficient (Wildman–Crippen LogP) is 4.86. The van der Waals surface area contributed by atoms with Crippen LogP contribution in [-0.2, 0) is 10.8 Å². The summed E-state index contributed by atoms with van der Waals surface area (Å²) in [5.41, 5.74) is 7.73. The van der Waals surface area contributed by atoms with Crippen LogP contribution in [0.15, 0.2) is 24.3 Å². The molecule has 0 unspecified atom stereocenters. The van der Waals surface area contributed by atoms with Gasteiger partial charge in [-0.2, -0.15) is 0 Å². The van der Waals surface area contributed by atoms with Crippen LogP contribution >= 0.6 is 0 Å². The predicted molar refractivity (Wildman–Crippen MR) is 140 cm³/mol. The zero-order chi connectivity index (χ0) is 23.8. The van der Waals surface area contributed by atoms with Crippen LogP contribution in [0.25, 0.3) is 22.4 Å². The Hall–Kier alpha value is -2.73. The lowest BCUT2D eigenvalue weighted by Crippen LogP contribution is -2.44. The zero-order valence-corrected chi connectivity index (χ0v) is 21.2. The lowest BCUT2D eigenvalue weighted by molar-refractivity contribution is 0.313. The molecule has 0 radical (unpaired) electrons. The number of phenols is 1. The van der Waals surface area contributed by atoms with Gasteiger partial charge < -0.3 is 24.8 Å². The number of aromatic hydroxyl groups is 1. The van der Waals surface area contributed by atoms with Crippen LogP contribution in [0.1, 0.15) is 51.7 Å². The van der Waals surface area contributed by atoms with Crippen LogP contribution in [0.3, 0.4) is 0 Å². The van der Waals surface area contributed by atoms with Gasteiger partial charge in [-0.15, -0.1) is 0 Å². The first-order chi connectivity index (χ1) is 16.1. The number of hydrogen-bond donors (Lipinski definition) is 2. The van der Waals surface area contributed by atoms with E-state index in [2.05, 4.69) is 78.7 Å². The maximum atomic E-state index is 11.7. The van der Waals surface area contributed by atoms with Crippen LogP contribution in [0.4, 0.5) is 11.4 Å². The van der Waals surface area contributed by atoms with Crippen LogP contribution < -0.4 is 9.80 Å². The highest BCUT2D eigenvalue weighted by atomic mass is 16.3. The van der Waals surface area contributed by atoms with Crippen molar-refractivity contribution in [3.05, 3.63) is 35.4 Å². The van der Waals surface area contributed by atoms with E-state index in [1.54, 1.807) is 0 Å². The highest BCUT2D eigenvalue weighted by Crippen LogP contribution is 2.54. The van der Waals surface area contributed by atoms with Crippen molar-refractivity contribution >= 4 is 22.4 Å². The van der Waals surface area contributed by atoms with Crippen molar-refractivity contribution in [3.63, 3.8) is 0 Å². The van der Waals surface area contributed by atoms with Gasteiger partial charge in [-0.1, -0.05) is 27.7 Å². The molecule has 6 rings (SSSR count). The molecule has 0 atom stereocenters. The number of nitrogens with one attached hydrogen (secondary N) is 1. The number of aromatic amines is 1. The van der Waals surface area contributed by atoms with Gasteiger partial charge in [0.2, 0.25) is 0 Å². The second-order valence-corrected chi connectivity index (χ2v) is 11.9. The normalized spacial score (nSPS) is 21.7. The third-order valence-electron chi connectivity index (χ3n) is 8.60. The number of nitrogens with zero attached hydrogens (tertiary/aromatic N) is 4. The first kappa shape index (κ1) is 21.8. The van der Waals surface area contributed by atoms with Crippen LogP contribution in [0.5, 0.6) is 5.75 Å². The number of anilines is 2. The number of imidazole rings is 1. The molecular weight excluding hydrogens is 422 g/mol. The number of rotatable bonds is 2. The molecule has 0 spiro atoms. The van der Waals surface area contributed by atoms with Crippen molar-refractivity contribution in [3.8, 4) is 17.1 Å². The van der Waals surface area contributed by atoms with Gasteiger partial charge in [-0.3, -0.25) is 0 Å². The van der Waals surface area contributed by atoms with Gasteiger partial charge in [0.05, 0.1) is 16.6 Å². The summed E-state index contributed by atoms with van der Waals surface area (Å²) in [7, 11) is 2.18. The van der Waals surface area contributed by atoms with Crippen molar-refractivity contribution in [1.82, 2.24) is 14.9 Å². The largest absolute Gasteiger partial charge is 0.507 e. The van der Waals surface area contributed by atoms with Crippen molar-refractivity contribution in [2.75, 3.05) is 56.1 Å². The molecule has 34 heavy (non-hydrogen) atoms. The Balaban J connectivity index is 1.48. The Morgan fingerprint density at radius 2 is 1.59 bits per heavy atom. The SMILES string of the molecule is CN1CCN(c2ccc3nc(-c4cc5c6c(c4O)C(C)(C)CCN6CCC5(C)C)[nH]c3c2)CC1. The molecular formula is C28H37N5O. The summed E-state index contributed by atoms with van der Waals surface area (Å²) in [4.78, 5) is 15.8. The highest BCUT2D eigenvalue weighted by Gasteiger charge is 2.42. The summed E-state index contributed by atoms with van der Waals surface area (Å²) >= 11 is 0. The van der Waals surface area contributed by atoms with E-state index in [1.807, 2.05) is 0 Å². The topological polar surface area (TPSA) is 58.6 Å². The quantitative estimate of drug-likeness (QED) is 0.573. The Bertz CT molecular complexity index is 1260. The maximum Gasteiger partial charge on any atom is 0.142 e. The molecule has 3 aromatic rings. The molecule has 3 aliphatic rings. The van der Waals surface area contributed by atoms with Crippen molar-refractivity contribution in [2.24, 2.45) is 0 Å². The Morgan fingerprint density at radius 1 is 0.882 bits per heavy atom. The number of aromatic nitrogens is 2. The van der Waals surface area contributed by atoms with Gasteiger partial charge in [0.15, 0.2) is 0 Å². The zero-order valence-electron chi connectivity index (χ0n) is 21.2. The second kappa shape index (κ2) is 7.38. The smallest absolute Gasteiger partial charge is 0.142 e. The average Bonchev–Trinajstić information content (AvgIpc) is 3.21. The minimum atomic E-state index is -0.0747. The average molecular weight is 460 g/mol. The minimum Gasteiger partial charge on any atom is -0.507 e. The van der Waals surface area contributed by atoms with Crippen LogP contribution in [0.2, 0.25) is 0 Å². The second-order valence-electron chi connectivity index (χ2n) is 11.9. The van der Waals surface area contributed by atoms with Crippen LogP contribution in [-0.4, -0.2) is 66.3 Å². The van der Waals surface area contributed by atoms with Crippen molar-refractivity contribution in [2.45, 2.75) is 51.4 Å². The molecule has 6 nitrogen and oxygen atoms in total. The highest BCUT2D eigenvalue weighted by molar-refractivity contribution is 5.86. The molecule has 2 aromatic carbocycles. The molecule has 4 heterocycles. The van der Waals surface area contributed by atoms with Crippen LogP contribution in [0, 0.1) is 0 Å². The van der Waals surface area contributed by atoms with E-state index in [-0.39, 0.29) is 10.8 Å². The monoisotopic (exact) mass is 459 g/mol. The third kappa shape index (κ3) is 3.29. The molecule has 1 saturated heterocycles. The van der Waals surface area contributed by atoms with Gasteiger partial charge in [-0.25, -0.2) is 4.98 Å².